The molecule has 1 N–H and O–H groups in total. The quantitative estimate of drug-likeness (QED) is 0.811. The molecule has 0 radical (unpaired) electrons. The minimum absolute atomic E-state index is 0.578. The molecule has 116 valence electrons. The lowest BCUT2D eigenvalue weighted by atomic mass is 9.63. The molecule has 1 aliphatic heterocycles. The first kappa shape index (κ1) is 15.1. The van der Waals surface area contributed by atoms with Gasteiger partial charge in [0.2, 0.25) is 0 Å². The molecule has 0 aromatic heterocycles. The Morgan fingerprint density at radius 1 is 1.10 bits per heavy atom. The molecular formula is C20H31N. The lowest BCUT2D eigenvalue weighted by molar-refractivity contribution is 0.134. The summed E-state index contributed by atoms with van der Waals surface area (Å²) >= 11 is 0. The smallest absolute Gasteiger partial charge is 0.00255 e. The van der Waals surface area contributed by atoms with Gasteiger partial charge in [-0.25, -0.2) is 0 Å². The fraction of sp³-hybridized carbons (Fsp3) is 0.700. The maximum absolute atomic E-state index is 3.66. The SMILES string of the molecule is CCCC1CCCC2(CCNCC2c2ccccc2)CC1. The molecule has 3 atom stereocenters. The molecule has 21 heavy (non-hydrogen) atoms. The predicted molar refractivity (Wildman–Crippen MR) is 90.6 cm³/mol. The van der Waals surface area contributed by atoms with Crippen molar-refractivity contribution in [1.82, 2.24) is 5.32 Å². The van der Waals surface area contributed by atoms with Gasteiger partial charge in [-0.2, -0.15) is 0 Å². The van der Waals surface area contributed by atoms with Crippen LogP contribution in [0.5, 0.6) is 0 Å². The third kappa shape index (κ3) is 3.34. The molecule has 1 aromatic carbocycles. The summed E-state index contributed by atoms with van der Waals surface area (Å²) in [7, 11) is 0. The van der Waals surface area contributed by atoms with E-state index in [0.29, 0.717) is 5.41 Å². The van der Waals surface area contributed by atoms with Gasteiger partial charge in [0.15, 0.2) is 0 Å². The van der Waals surface area contributed by atoms with E-state index in [-0.39, 0.29) is 0 Å². The number of nitrogens with one attached hydrogen (secondary N) is 1. The van der Waals surface area contributed by atoms with E-state index in [4.69, 9.17) is 0 Å². The van der Waals surface area contributed by atoms with Gasteiger partial charge < -0.3 is 5.32 Å². The Labute approximate surface area is 130 Å². The Kier molecular flexibility index (Phi) is 5.00. The van der Waals surface area contributed by atoms with E-state index in [2.05, 4.69) is 42.6 Å². The van der Waals surface area contributed by atoms with Crippen LogP contribution in [0.4, 0.5) is 0 Å². The third-order valence-electron chi connectivity index (χ3n) is 6.12. The maximum atomic E-state index is 3.66. The zero-order valence-electron chi connectivity index (χ0n) is 13.6. The second-order valence-electron chi connectivity index (χ2n) is 7.37. The lowest BCUT2D eigenvalue weighted by Gasteiger charge is -2.45. The van der Waals surface area contributed by atoms with E-state index in [1.165, 1.54) is 64.5 Å². The second-order valence-corrected chi connectivity index (χ2v) is 7.37. The van der Waals surface area contributed by atoms with Gasteiger partial charge in [0.25, 0.3) is 0 Å². The molecule has 1 spiro atoms. The summed E-state index contributed by atoms with van der Waals surface area (Å²) < 4.78 is 0. The van der Waals surface area contributed by atoms with Crippen molar-refractivity contribution in [3.05, 3.63) is 35.9 Å². The average molecular weight is 285 g/mol. The van der Waals surface area contributed by atoms with Crippen molar-refractivity contribution >= 4 is 0 Å². The van der Waals surface area contributed by atoms with Gasteiger partial charge in [0.1, 0.15) is 0 Å². The van der Waals surface area contributed by atoms with Gasteiger partial charge >= 0.3 is 0 Å². The van der Waals surface area contributed by atoms with E-state index in [1.54, 1.807) is 5.56 Å². The van der Waals surface area contributed by atoms with Gasteiger partial charge in [-0.15, -0.1) is 0 Å². The molecule has 1 aromatic rings. The molecular weight excluding hydrogens is 254 g/mol. The highest BCUT2D eigenvalue weighted by Crippen LogP contribution is 2.51. The van der Waals surface area contributed by atoms with Crippen LogP contribution in [0.15, 0.2) is 30.3 Å². The van der Waals surface area contributed by atoms with E-state index >= 15 is 0 Å². The normalized spacial score (nSPS) is 33.8. The van der Waals surface area contributed by atoms with E-state index in [0.717, 1.165) is 11.8 Å². The molecule has 3 rings (SSSR count). The van der Waals surface area contributed by atoms with Crippen LogP contribution in [-0.4, -0.2) is 13.1 Å². The summed E-state index contributed by atoms with van der Waals surface area (Å²) in [5, 5.41) is 3.66. The lowest BCUT2D eigenvalue weighted by Crippen LogP contribution is -2.43. The van der Waals surface area contributed by atoms with Crippen molar-refractivity contribution in [2.24, 2.45) is 11.3 Å². The Hall–Kier alpha value is -0.820. The van der Waals surface area contributed by atoms with Crippen LogP contribution >= 0.6 is 0 Å². The van der Waals surface area contributed by atoms with Crippen LogP contribution in [0.1, 0.15) is 69.8 Å². The molecule has 1 nitrogen and oxygen atoms in total. The minimum Gasteiger partial charge on any atom is -0.316 e. The van der Waals surface area contributed by atoms with Crippen molar-refractivity contribution in [1.29, 1.82) is 0 Å². The van der Waals surface area contributed by atoms with Gasteiger partial charge in [-0.1, -0.05) is 62.9 Å². The Morgan fingerprint density at radius 2 is 1.95 bits per heavy atom. The van der Waals surface area contributed by atoms with Crippen molar-refractivity contribution < 1.29 is 0 Å². The Balaban J connectivity index is 1.79. The summed E-state index contributed by atoms with van der Waals surface area (Å²) in [5.41, 5.74) is 2.15. The molecule has 2 aliphatic rings. The van der Waals surface area contributed by atoms with Crippen LogP contribution < -0.4 is 5.32 Å². The predicted octanol–water partition coefficient (Wildman–Crippen LogP) is 5.13. The van der Waals surface area contributed by atoms with Crippen LogP contribution in [-0.2, 0) is 0 Å². The highest BCUT2D eigenvalue weighted by Gasteiger charge is 2.42. The third-order valence-corrected chi connectivity index (χ3v) is 6.12. The molecule has 2 fully saturated rings. The zero-order chi connectivity index (χ0) is 14.5. The molecule has 1 aliphatic carbocycles. The minimum atomic E-state index is 0.578. The highest BCUT2D eigenvalue weighted by molar-refractivity contribution is 5.24. The van der Waals surface area contributed by atoms with Gasteiger partial charge in [-0.05, 0) is 49.1 Å². The summed E-state index contributed by atoms with van der Waals surface area (Å²) in [6.07, 6.45) is 11.5. The fourth-order valence-electron chi connectivity index (χ4n) is 4.93. The van der Waals surface area contributed by atoms with Gasteiger partial charge in [0, 0.05) is 12.5 Å². The summed E-state index contributed by atoms with van der Waals surface area (Å²) in [4.78, 5) is 0. The molecule has 0 amide bonds. The maximum Gasteiger partial charge on any atom is 0.00255 e. The largest absolute Gasteiger partial charge is 0.316 e. The molecule has 3 unspecified atom stereocenters. The molecule has 0 bridgehead atoms. The monoisotopic (exact) mass is 285 g/mol. The number of benzene rings is 1. The van der Waals surface area contributed by atoms with E-state index < -0.39 is 0 Å². The zero-order valence-corrected chi connectivity index (χ0v) is 13.6. The molecule has 1 saturated heterocycles. The van der Waals surface area contributed by atoms with Gasteiger partial charge in [0.05, 0.1) is 0 Å². The van der Waals surface area contributed by atoms with Gasteiger partial charge in [-0.3, -0.25) is 0 Å². The van der Waals surface area contributed by atoms with Crippen LogP contribution in [0, 0.1) is 11.3 Å². The van der Waals surface area contributed by atoms with Crippen LogP contribution in [0.3, 0.4) is 0 Å². The van der Waals surface area contributed by atoms with Crippen molar-refractivity contribution in [2.45, 2.75) is 64.2 Å². The molecule has 1 heteroatoms. The highest BCUT2D eigenvalue weighted by atomic mass is 14.9. The molecule has 1 heterocycles. The van der Waals surface area contributed by atoms with Crippen LogP contribution in [0.2, 0.25) is 0 Å². The standard InChI is InChI=1S/C20H31N/c1-2-7-17-8-6-12-20(13-11-17)14-15-21-16-19(20)18-9-4-3-5-10-18/h3-5,9-10,17,19,21H,2,6-8,11-16H2,1H3. The van der Waals surface area contributed by atoms with Crippen molar-refractivity contribution in [3.63, 3.8) is 0 Å². The fourth-order valence-corrected chi connectivity index (χ4v) is 4.93. The first-order chi connectivity index (χ1) is 10.3. The molecule has 1 saturated carbocycles. The van der Waals surface area contributed by atoms with E-state index in [1.807, 2.05) is 0 Å². The van der Waals surface area contributed by atoms with Crippen molar-refractivity contribution in [3.8, 4) is 0 Å². The first-order valence-corrected chi connectivity index (χ1v) is 9.10. The van der Waals surface area contributed by atoms with E-state index in [9.17, 15) is 0 Å². The number of hydrogen-bond acceptors (Lipinski definition) is 1. The topological polar surface area (TPSA) is 12.0 Å². The summed E-state index contributed by atoms with van der Waals surface area (Å²) in [5.74, 6) is 1.73. The number of piperidine rings is 1. The average Bonchev–Trinajstić information content (AvgIpc) is 2.73. The summed E-state index contributed by atoms with van der Waals surface area (Å²) in [6.45, 7) is 4.75. The Bertz CT molecular complexity index is 427. The van der Waals surface area contributed by atoms with Crippen LogP contribution in [0.25, 0.3) is 0 Å². The first-order valence-electron chi connectivity index (χ1n) is 9.10. The number of rotatable bonds is 3. The second kappa shape index (κ2) is 6.96. The van der Waals surface area contributed by atoms with Crippen molar-refractivity contribution in [2.75, 3.05) is 13.1 Å². The Morgan fingerprint density at radius 3 is 2.76 bits per heavy atom. The summed E-state index contributed by atoms with van der Waals surface area (Å²) in [6, 6.07) is 11.3. The number of hydrogen-bond donors (Lipinski definition) is 1.